The third kappa shape index (κ3) is 3.11. The molecule has 1 N–H and O–H groups in total. The number of carbonyl (C=O) groups excluding carboxylic acids is 1. The Morgan fingerprint density at radius 1 is 1.38 bits per heavy atom. The van der Waals surface area contributed by atoms with Gasteiger partial charge in [-0.05, 0) is 31.7 Å². The first-order valence-corrected chi connectivity index (χ1v) is 6.33. The molecular formula is C12H23ClN2O. The average molecular weight is 247 g/mol. The molecule has 0 aromatic rings. The van der Waals surface area contributed by atoms with Gasteiger partial charge in [0, 0.05) is 13.1 Å². The largest absolute Gasteiger partial charge is 0.341 e. The van der Waals surface area contributed by atoms with E-state index in [1.165, 1.54) is 25.7 Å². The third-order valence-electron chi connectivity index (χ3n) is 3.78. The minimum Gasteiger partial charge on any atom is -0.341 e. The summed E-state index contributed by atoms with van der Waals surface area (Å²) in [4.78, 5) is 14.2. The lowest BCUT2D eigenvalue weighted by Crippen LogP contribution is -2.47. The Bertz CT molecular complexity index is 229. The van der Waals surface area contributed by atoms with Crippen LogP contribution < -0.4 is 5.32 Å². The van der Waals surface area contributed by atoms with Crippen molar-refractivity contribution in [1.29, 1.82) is 0 Å². The second-order valence-electron chi connectivity index (χ2n) is 4.85. The van der Waals surface area contributed by atoms with Gasteiger partial charge in [-0.3, -0.25) is 4.79 Å². The Balaban J connectivity index is 0.00000128. The van der Waals surface area contributed by atoms with E-state index in [1.54, 1.807) is 0 Å². The number of nitrogens with zero attached hydrogens (tertiary/aromatic N) is 1. The molecule has 16 heavy (non-hydrogen) atoms. The fourth-order valence-corrected chi connectivity index (χ4v) is 2.65. The molecule has 0 aliphatic carbocycles. The van der Waals surface area contributed by atoms with Crippen LogP contribution in [0.2, 0.25) is 0 Å². The molecule has 4 heteroatoms. The van der Waals surface area contributed by atoms with E-state index in [1.807, 2.05) is 0 Å². The minimum atomic E-state index is 0. The summed E-state index contributed by atoms with van der Waals surface area (Å²) in [6.45, 7) is 5.21. The van der Waals surface area contributed by atoms with Gasteiger partial charge in [-0.1, -0.05) is 19.8 Å². The first kappa shape index (κ1) is 13.8. The highest BCUT2D eigenvalue weighted by Crippen LogP contribution is 2.21. The van der Waals surface area contributed by atoms with Crippen LogP contribution in [0.25, 0.3) is 0 Å². The van der Waals surface area contributed by atoms with Gasteiger partial charge in [0.1, 0.15) is 0 Å². The number of carbonyl (C=O) groups is 1. The van der Waals surface area contributed by atoms with Crippen molar-refractivity contribution in [2.24, 2.45) is 5.92 Å². The molecule has 0 spiro atoms. The Kier molecular flexibility index (Phi) is 5.56. The van der Waals surface area contributed by atoms with Crippen LogP contribution in [-0.2, 0) is 4.79 Å². The molecule has 0 aromatic heterocycles. The van der Waals surface area contributed by atoms with E-state index < -0.39 is 0 Å². The van der Waals surface area contributed by atoms with Crippen molar-refractivity contribution in [2.75, 3.05) is 19.6 Å². The smallest absolute Gasteiger partial charge is 0.239 e. The Labute approximate surface area is 104 Å². The molecule has 2 fully saturated rings. The van der Waals surface area contributed by atoms with Crippen molar-refractivity contribution in [3.8, 4) is 0 Å². The van der Waals surface area contributed by atoms with Crippen LogP contribution in [0.3, 0.4) is 0 Å². The first-order chi connectivity index (χ1) is 7.31. The van der Waals surface area contributed by atoms with E-state index in [0.717, 1.165) is 32.0 Å². The lowest BCUT2D eigenvalue weighted by molar-refractivity contribution is -0.133. The number of nitrogens with one attached hydrogen (secondary N) is 1. The predicted octanol–water partition coefficient (Wildman–Crippen LogP) is 1.81. The van der Waals surface area contributed by atoms with E-state index >= 15 is 0 Å². The summed E-state index contributed by atoms with van der Waals surface area (Å²) in [6, 6.07) is 0.120. The van der Waals surface area contributed by atoms with E-state index in [2.05, 4.69) is 17.1 Å². The molecule has 3 nitrogen and oxygen atoms in total. The minimum absolute atomic E-state index is 0. The Morgan fingerprint density at radius 2 is 2.19 bits per heavy atom. The van der Waals surface area contributed by atoms with Crippen molar-refractivity contribution in [3.05, 3.63) is 0 Å². The topological polar surface area (TPSA) is 32.3 Å². The van der Waals surface area contributed by atoms with Crippen molar-refractivity contribution < 1.29 is 4.79 Å². The fourth-order valence-electron chi connectivity index (χ4n) is 2.65. The summed E-state index contributed by atoms with van der Waals surface area (Å²) < 4.78 is 0. The quantitative estimate of drug-likeness (QED) is 0.806. The molecule has 2 heterocycles. The van der Waals surface area contributed by atoms with Gasteiger partial charge >= 0.3 is 0 Å². The van der Waals surface area contributed by atoms with Crippen LogP contribution in [0.1, 0.15) is 39.0 Å². The second kappa shape index (κ2) is 6.45. The zero-order valence-corrected chi connectivity index (χ0v) is 10.9. The molecule has 1 amide bonds. The zero-order valence-electron chi connectivity index (χ0n) is 10.1. The molecule has 2 atom stereocenters. The summed E-state index contributed by atoms with van der Waals surface area (Å²) in [5.41, 5.74) is 0. The molecular weight excluding hydrogens is 224 g/mol. The van der Waals surface area contributed by atoms with Crippen LogP contribution in [0, 0.1) is 5.92 Å². The SMILES string of the molecule is CCC1CCN(C(=O)[C@@H]2CCCCN2)C1.Cl. The summed E-state index contributed by atoms with van der Waals surface area (Å²) >= 11 is 0. The van der Waals surface area contributed by atoms with E-state index in [0.29, 0.717) is 5.91 Å². The van der Waals surface area contributed by atoms with Gasteiger partial charge in [-0.2, -0.15) is 0 Å². The van der Waals surface area contributed by atoms with Crippen molar-refractivity contribution in [2.45, 2.75) is 45.1 Å². The van der Waals surface area contributed by atoms with Crippen LogP contribution in [0.15, 0.2) is 0 Å². The van der Waals surface area contributed by atoms with Gasteiger partial charge < -0.3 is 10.2 Å². The Hall–Kier alpha value is -0.280. The summed E-state index contributed by atoms with van der Waals surface area (Å²) in [5, 5.41) is 3.34. The molecule has 1 unspecified atom stereocenters. The molecule has 0 aromatic carbocycles. The summed E-state index contributed by atoms with van der Waals surface area (Å²) in [5.74, 6) is 1.10. The molecule has 2 rings (SSSR count). The van der Waals surface area contributed by atoms with Gasteiger partial charge in [0.25, 0.3) is 0 Å². The van der Waals surface area contributed by atoms with Crippen LogP contribution >= 0.6 is 12.4 Å². The number of rotatable bonds is 2. The first-order valence-electron chi connectivity index (χ1n) is 6.33. The van der Waals surface area contributed by atoms with Crippen molar-refractivity contribution >= 4 is 18.3 Å². The lowest BCUT2D eigenvalue weighted by atomic mass is 10.0. The normalized spacial score (nSPS) is 29.9. The molecule has 0 bridgehead atoms. The number of likely N-dealkylation sites (tertiary alicyclic amines) is 1. The molecule has 94 valence electrons. The highest BCUT2D eigenvalue weighted by atomic mass is 35.5. The third-order valence-corrected chi connectivity index (χ3v) is 3.78. The molecule has 0 saturated carbocycles. The van der Waals surface area contributed by atoms with Crippen LogP contribution in [-0.4, -0.2) is 36.5 Å². The molecule has 2 aliphatic rings. The maximum atomic E-state index is 12.1. The molecule has 2 saturated heterocycles. The second-order valence-corrected chi connectivity index (χ2v) is 4.85. The van der Waals surface area contributed by atoms with Gasteiger partial charge in [-0.15, -0.1) is 12.4 Å². The van der Waals surface area contributed by atoms with Crippen LogP contribution in [0.4, 0.5) is 0 Å². The number of amides is 1. The highest BCUT2D eigenvalue weighted by molar-refractivity contribution is 5.85. The van der Waals surface area contributed by atoms with Crippen LogP contribution in [0.5, 0.6) is 0 Å². The lowest BCUT2D eigenvalue weighted by Gasteiger charge is -2.27. The highest BCUT2D eigenvalue weighted by Gasteiger charge is 2.30. The van der Waals surface area contributed by atoms with E-state index in [4.69, 9.17) is 0 Å². The monoisotopic (exact) mass is 246 g/mol. The van der Waals surface area contributed by atoms with Crippen molar-refractivity contribution in [3.63, 3.8) is 0 Å². The Morgan fingerprint density at radius 3 is 2.75 bits per heavy atom. The number of halogens is 1. The van der Waals surface area contributed by atoms with E-state index in [9.17, 15) is 4.79 Å². The van der Waals surface area contributed by atoms with Gasteiger partial charge in [0.15, 0.2) is 0 Å². The predicted molar refractivity (Wildman–Crippen MR) is 67.9 cm³/mol. The maximum Gasteiger partial charge on any atom is 0.239 e. The van der Waals surface area contributed by atoms with E-state index in [-0.39, 0.29) is 18.4 Å². The average Bonchev–Trinajstić information content (AvgIpc) is 2.78. The maximum absolute atomic E-state index is 12.1. The molecule has 0 radical (unpaired) electrons. The number of hydrogen-bond donors (Lipinski definition) is 1. The number of piperidine rings is 1. The van der Waals surface area contributed by atoms with Gasteiger partial charge in [0.05, 0.1) is 6.04 Å². The molecule has 2 aliphatic heterocycles. The fraction of sp³-hybridized carbons (Fsp3) is 0.917. The van der Waals surface area contributed by atoms with Gasteiger partial charge in [0.2, 0.25) is 5.91 Å². The zero-order chi connectivity index (χ0) is 10.7. The van der Waals surface area contributed by atoms with Gasteiger partial charge in [-0.25, -0.2) is 0 Å². The van der Waals surface area contributed by atoms with Crippen molar-refractivity contribution in [1.82, 2.24) is 10.2 Å². The summed E-state index contributed by atoms with van der Waals surface area (Å²) in [6.07, 6.45) is 5.87. The standard InChI is InChI=1S/C12H22N2O.ClH/c1-2-10-6-8-14(9-10)12(15)11-5-3-4-7-13-11;/h10-11,13H,2-9H2,1H3;1H/t10?,11-;/m0./s1. The number of hydrogen-bond acceptors (Lipinski definition) is 2. The summed E-state index contributed by atoms with van der Waals surface area (Å²) in [7, 11) is 0.